The van der Waals surface area contributed by atoms with Crippen molar-refractivity contribution in [2.45, 2.75) is 6.18 Å². The second kappa shape index (κ2) is 7.13. The summed E-state index contributed by atoms with van der Waals surface area (Å²) in [5.74, 6) is -0.775. The average Bonchev–Trinajstić information content (AvgIpc) is 2.54. The summed E-state index contributed by atoms with van der Waals surface area (Å²) in [6.45, 7) is 0. The molecule has 0 saturated heterocycles. The molecule has 0 bridgehead atoms. The molecular formula is C16H10F3LiN2O3. The Hall–Kier alpha value is -2.56. The van der Waals surface area contributed by atoms with Crippen LogP contribution in [0, 0.1) is 0 Å². The maximum atomic E-state index is 12.5. The summed E-state index contributed by atoms with van der Waals surface area (Å²) >= 11 is 0. The van der Waals surface area contributed by atoms with Gasteiger partial charge in [-0.3, -0.25) is 0 Å². The molecule has 3 rings (SSSR count). The van der Waals surface area contributed by atoms with Gasteiger partial charge in [-0.1, -0.05) is 6.07 Å². The van der Waals surface area contributed by atoms with E-state index in [1.165, 1.54) is 12.1 Å². The van der Waals surface area contributed by atoms with Crippen LogP contribution in [-0.4, -0.2) is 21.0 Å². The van der Waals surface area contributed by atoms with Crippen LogP contribution in [0.1, 0.15) is 17.5 Å². The van der Waals surface area contributed by atoms with E-state index in [2.05, 4.69) is 9.97 Å². The first-order valence-corrected chi connectivity index (χ1v) is 6.68. The van der Waals surface area contributed by atoms with Gasteiger partial charge < -0.3 is 11.3 Å². The summed E-state index contributed by atoms with van der Waals surface area (Å²) < 4.78 is 42.9. The van der Waals surface area contributed by atoms with Crippen LogP contribution in [0.4, 0.5) is 13.2 Å². The van der Waals surface area contributed by atoms with Crippen LogP contribution in [0.2, 0.25) is 0 Å². The second-order valence-electron chi connectivity index (χ2n) is 4.84. The number of alkyl halides is 3. The van der Waals surface area contributed by atoms with Gasteiger partial charge in [0.25, 0.3) is 0 Å². The third-order valence-electron chi connectivity index (χ3n) is 3.17. The Balaban J connectivity index is 0.00000169. The molecule has 2 aromatic heterocycles. The number of rotatable bonds is 3. The SMILES string of the molecule is O=C(O)c1ccc2cc(Oc3ccc(C(F)(F)F)cn3)ccc2n1.[H-].[Li+]. The molecule has 1 aromatic carbocycles. The summed E-state index contributed by atoms with van der Waals surface area (Å²) in [6, 6.07) is 9.60. The number of fused-ring (bicyclic) bond motifs is 1. The molecule has 0 atom stereocenters. The van der Waals surface area contributed by atoms with Crippen LogP contribution >= 0.6 is 0 Å². The Morgan fingerprint density at radius 2 is 1.88 bits per heavy atom. The van der Waals surface area contributed by atoms with E-state index in [1.54, 1.807) is 18.2 Å². The maximum absolute atomic E-state index is 12.5. The number of carbonyl (C=O) groups is 1. The molecule has 0 aliphatic carbocycles. The molecule has 1 N–H and O–H groups in total. The van der Waals surface area contributed by atoms with Crippen LogP contribution < -0.4 is 23.6 Å². The fourth-order valence-corrected chi connectivity index (χ4v) is 2.02. The van der Waals surface area contributed by atoms with Crippen LogP contribution in [0.5, 0.6) is 11.6 Å². The summed E-state index contributed by atoms with van der Waals surface area (Å²) in [6.07, 6.45) is -3.76. The minimum Gasteiger partial charge on any atom is -1.00 e. The Morgan fingerprint density at radius 1 is 1.12 bits per heavy atom. The van der Waals surface area contributed by atoms with Gasteiger partial charge >= 0.3 is 31.0 Å². The monoisotopic (exact) mass is 342 g/mol. The fraction of sp³-hybridized carbons (Fsp3) is 0.0625. The van der Waals surface area contributed by atoms with Crippen LogP contribution in [0.3, 0.4) is 0 Å². The Labute approximate surface area is 153 Å². The molecule has 3 aromatic rings. The van der Waals surface area contributed by atoms with Crippen molar-refractivity contribution in [3.63, 3.8) is 0 Å². The van der Waals surface area contributed by atoms with Gasteiger partial charge in [0.2, 0.25) is 5.88 Å². The van der Waals surface area contributed by atoms with E-state index < -0.39 is 17.7 Å². The largest absolute Gasteiger partial charge is 1.00 e. The van der Waals surface area contributed by atoms with Gasteiger partial charge in [0.15, 0.2) is 0 Å². The van der Waals surface area contributed by atoms with E-state index in [9.17, 15) is 18.0 Å². The summed E-state index contributed by atoms with van der Waals surface area (Å²) in [7, 11) is 0. The van der Waals surface area contributed by atoms with Crippen LogP contribution in [-0.2, 0) is 6.18 Å². The van der Waals surface area contributed by atoms with E-state index in [0.717, 1.165) is 12.1 Å². The van der Waals surface area contributed by atoms with Crippen molar-refractivity contribution >= 4 is 16.9 Å². The van der Waals surface area contributed by atoms with Crippen molar-refractivity contribution in [3.8, 4) is 11.6 Å². The number of benzene rings is 1. The molecule has 2 heterocycles. The van der Waals surface area contributed by atoms with E-state index in [1.807, 2.05) is 0 Å². The molecule has 0 spiro atoms. The topological polar surface area (TPSA) is 72.3 Å². The molecule has 25 heavy (non-hydrogen) atoms. The molecular weight excluding hydrogens is 332 g/mol. The second-order valence-corrected chi connectivity index (χ2v) is 4.84. The minimum absolute atomic E-state index is 0. The number of hydrogen-bond donors (Lipinski definition) is 1. The molecule has 0 saturated carbocycles. The molecule has 9 heteroatoms. The van der Waals surface area contributed by atoms with Crippen molar-refractivity contribution in [1.29, 1.82) is 0 Å². The number of aromatic carboxylic acids is 1. The molecule has 0 aliphatic heterocycles. The van der Waals surface area contributed by atoms with Gasteiger partial charge in [0.05, 0.1) is 11.1 Å². The van der Waals surface area contributed by atoms with Gasteiger partial charge in [0, 0.05) is 17.6 Å². The van der Waals surface area contributed by atoms with E-state index in [0.29, 0.717) is 22.8 Å². The molecule has 124 valence electrons. The predicted octanol–water partition coefficient (Wildman–Crippen LogP) is 1.26. The van der Waals surface area contributed by atoms with E-state index in [-0.39, 0.29) is 31.9 Å². The van der Waals surface area contributed by atoms with Crippen LogP contribution in [0.15, 0.2) is 48.7 Å². The Bertz CT molecular complexity index is 921. The number of aromatic nitrogens is 2. The Morgan fingerprint density at radius 3 is 2.48 bits per heavy atom. The van der Waals surface area contributed by atoms with Gasteiger partial charge in [-0.05, 0) is 30.3 Å². The normalized spacial score (nSPS) is 11.0. The smallest absolute Gasteiger partial charge is 1.00 e. The number of pyridine rings is 2. The Kier molecular flexibility index (Phi) is 5.35. The van der Waals surface area contributed by atoms with Gasteiger partial charge in [-0.25, -0.2) is 14.8 Å². The number of hydrogen-bond acceptors (Lipinski definition) is 4. The molecule has 5 nitrogen and oxygen atoms in total. The van der Waals surface area contributed by atoms with Gasteiger partial charge in [-0.2, -0.15) is 13.2 Å². The van der Waals surface area contributed by atoms with Crippen molar-refractivity contribution in [1.82, 2.24) is 9.97 Å². The quantitative estimate of drug-likeness (QED) is 0.726. The minimum atomic E-state index is -4.46. The summed E-state index contributed by atoms with van der Waals surface area (Å²) in [5.41, 5.74) is -0.484. The number of carboxylic acid groups (broad SMARTS) is 1. The standard InChI is InChI=1S/C16H9F3N2O3.Li.H/c17-16(18,19)10-2-6-14(20-8-10)24-11-3-5-12-9(7-11)1-4-13(21-12)15(22)23;;/h1-8H,(H,22,23);;/q;+1;-1. The number of ether oxygens (including phenoxy) is 1. The van der Waals surface area contributed by atoms with Gasteiger partial charge in [-0.15, -0.1) is 0 Å². The first kappa shape index (κ1) is 18.8. The zero-order valence-electron chi connectivity index (χ0n) is 13.9. The molecule has 0 amide bonds. The molecule has 0 radical (unpaired) electrons. The first-order valence-electron chi connectivity index (χ1n) is 6.68. The number of nitrogens with zero attached hydrogens (tertiary/aromatic N) is 2. The fourth-order valence-electron chi connectivity index (χ4n) is 2.02. The third kappa shape index (κ3) is 4.29. The number of halogens is 3. The number of carboxylic acids is 1. The molecule has 0 fully saturated rings. The zero-order valence-corrected chi connectivity index (χ0v) is 12.9. The van der Waals surface area contributed by atoms with Crippen molar-refractivity contribution < 1.29 is 48.1 Å². The van der Waals surface area contributed by atoms with Crippen molar-refractivity contribution in [3.05, 3.63) is 59.9 Å². The summed E-state index contributed by atoms with van der Waals surface area (Å²) in [5, 5.41) is 9.53. The summed E-state index contributed by atoms with van der Waals surface area (Å²) in [4.78, 5) is 18.5. The molecule has 0 aliphatic rings. The van der Waals surface area contributed by atoms with E-state index in [4.69, 9.17) is 9.84 Å². The van der Waals surface area contributed by atoms with E-state index >= 15 is 0 Å². The van der Waals surface area contributed by atoms with Gasteiger partial charge in [0.1, 0.15) is 11.4 Å². The zero-order chi connectivity index (χ0) is 17.3. The molecule has 0 unspecified atom stereocenters. The third-order valence-corrected chi connectivity index (χ3v) is 3.17. The van der Waals surface area contributed by atoms with Crippen molar-refractivity contribution in [2.24, 2.45) is 0 Å². The van der Waals surface area contributed by atoms with Crippen LogP contribution in [0.25, 0.3) is 10.9 Å². The van der Waals surface area contributed by atoms with Crippen molar-refractivity contribution in [2.75, 3.05) is 0 Å². The predicted molar refractivity (Wildman–Crippen MR) is 79.1 cm³/mol. The maximum Gasteiger partial charge on any atom is 1.00 e. The average molecular weight is 342 g/mol. The first-order chi connectivity index (χ1) is 11.3.